The van der Waals surface area contributed by atoms with Crippen LogP contribution in [0.15, 0.2) is 24.3 Å². The smallest absolute Gasteiger partial charge is 0.416 e. The Kier molecular flexibility index (Phi) is 6.44. The molecule has 0 aromatic heterocycles. The van der Waals surface area contributed by atoms with Gasteiger partial charge in [-0.2, -0.15) is 13.2 Å². The quantitative estimate of drug-likeness (QED) is 0.699. The molecule has 0 spiro atoms. The van der Waals surface area contributed by atoms with Gasteiger partial charge in [0.25, 0.3) is 0 Å². The molecule has 0 fully saturated rings. The van der Waals surface area contributed by atoms with E-state index >= 15 is 0 Å². The number of aliphatic hydroxyl groups excluding tert-OH is 1. The predicted molar refractivity (Wildman–Crippen MR) is 69.6 cm³/mol. The van der Waals surface area contributed by atoms with Crippen molar-refractivity contribution in [2.45, 2.75) is 18.7 Å². The fourth-order valence-electron chi connectivity index (χ4n) is 1.46. The van der Waals surface area contributed by atoms with Crippen LogP contribution in [0.2, 0.25) is 0 Å². The van der Waals surface area contributed by atoms with Crippen LogP contribution in [0.4, 0.5) is 13.2 Å². The Morgan fingerprint density at radius 2 is 2.14 bits per heavy atom. The standard InChI is InChI=1S/C13H17F3N2O3/c14-13(15,16)9-2-1-3-11(6-9)21-8-10(19)7-18-12(20)4-5-17/h1-3,6,10,19H,4-5,7-8,17H2,(H,18,20). The fourth-order valence-corrected chi connectivity index (χ4v) is 1.46. The molecule has 21 heavy (non-hydrogen) atoms. The van der Waals surface area contributed by atoms with Crippen molar-refractivity contribution in [3.8, 4) is 5.75 Å². The van der Waals surface area contributed by atoms with Crippen LogP contribution >= 0.6 is 0 Å². The number of aliphatic hydroxyl groups is 1. The molecule has 1 unspecified atom stereocenters. The van der Waals surface area contributed by atoms with Gasteiger partial charge in [0, 0.05) is 19.5 Å². The highest BCUT2D eigenvalue weighted by Crippen LogP contribution is 2.31. The van der Waals surface area contributed by atoms with E-state index in [0.717, 1.165) is 12.1 Å². The SMILES string of the molecule is NCCC(=O)NCC(O)COc1cccc(C(F)(F)F)c1. The van der Waals surface area contributed by atoms with Gasteiger partial charge in [0.05, 0.1) is 5.56 Å². The molecule has 0 aliphatic carbocycles. The highest BCUT2D eigenvalue weighted by atomic mass is 19.4. The average Bonchev–Trinajstić information content (AvgIpc) is 2.42. The molecule has 1 aromatic rings. The molecule has 1 rings (SSSR count). The maximum atomic E-state index is 12.5. The summed E-state index contributed by atoms with van der Waals surface area (Å²) in [6.07, 6.45) is -5.34. The van der Waals surface area contributed by atoms with E-state index in [4.69, 9.17) is 10.5 Å². The van der Waals surface area contributed by atoms with Gasteiger partial charge >= 0.3 is 6.18 Å². The number of amides is 1. The van der Waals surface area contributed by atoms with Crippen molar-refractivity contribution in [2.24, 2.45) is 5.73 Å². The predicted octanol–water partition coefficient (Wildman–Crippen LogP) is 0.910. The van der Waals surface area contributed by atoms with E-state index < -0.39 is 17.8 Å². The summed E-state index contributed by atoms with van der Waals surface area (Å²) in [4.78, 5) is 11.1. The first-order chi connectivity index (χ1) is 9.82. The van der Waals surface area contributed by atoms with Crippen molar-refractivity contribution >= 4 is 5.91 Å². The van der Waals surface area contributed by atoms with E-state index in [0.29, 0.717) is 0 Å². The van der Waals surface area contributed by atoms with Gasteiger partial charge in [-0.05, 0) is 18.2 Å². The summed E-state index contributed by atoms with van der Waals surface area (Å²) < 4.78 is 42.5. The Morgan fingerprint density at radius 3 is 2.76 bits per heavy atom. The van der Waals surface area contributed by atoms with Crippen LogP contribution in [0.25, 0.3) is 0 Å². The molecule has 118 valence electrons. The molecule has 0 bridgehead atoms. The molecule has 4 N–H and O–H groups in total. The number of rotatable bonds is 7. The Balaban J connectivity index is 2.43. The van der Waals surface area contributed by atoms with Crippen LogP contribution in [0.5, 0.6) is 5.75 Å². The molecule has 1 atom stereocenters. The van der Waals surface area contributed by atoms with Crippen LogP contribution in [0.1, 0.15) is 12.0 Å². The number of ether oxygens (including phenoxy) is 1. The third-order valence-electron chi connectivity index (χ3n) is 2.51. The molecule has 1 amide bonds. The molecular formula is C13H17F3N2O3. The van der Waals surface area contributed by atoms with E-state index in [1.165, 1.54) is 12.1 Å². The summed E-state index contributed by atoms with van der Waals surface area (Å²) in [7, 11) is 0. The monoisotopic (exact) mass is 306 g/mol. The highest BCUT2D eigenvalue weighted by Gasteiger charge is 2.30. The first kappa shape index (κ1) is 17.3. The number of hydrogen-bond acceptors (Lipinski definition) is 4. The fraction of sp³-hybridized carbons (Fsp3) is 0.462. The zero-order chi connectivity index (χ0) is 15.9. The highest BCUT2D eigenvalue weighted by molar-refractivity contribution is 5.76. The summed E-state index contributed by atoms with van der Waals surface area (Å²) in [5, 5.41) is 12.0. The lowest BCUT2D eigenvalue weighted by Crippen LogP contribution is -2.36. The van der Waals surface area contributed by atoms with E-state index in [1.807, 2.05) is 0 Å². The van der Waals surface area contributed by atoms with Crippen LogP contribution in [-0.2, 0) is 11.0 Å². The van der Waals surface area contributed by atoms with Crippen LogP contribution in [0.3, 0.4) is 0 Å². The van der Waals surface area contributed by atoms with E-state index in [9.17, 15) is 23.1 Å². The molecular weight excluding hydrogens is 289 g/mol. The van der Waals surface area contributed by atoms with Crippen LogP contribution in [-0.4, -0.2) is 36.8 Å². The van der Waals surface area contributed by atoms with Crippen molar-refractivity contribution in [1.29, 1.82) is 0 Å². The first-order valence-electron chi connectivity index (χ1n) is 6.28. The largest absolute Gasteiger partial charge is 0.491 e. The topological polar surface area (TPSA) is 84.6 Å². The molecule has 1 aromatic carbocycles. The summed E-state index contributed by atoms with van der Waals surface area (Å²) in [5.41, 5.74) is 4.35. The third-order valence-corrected chi connectivity index (χ3v) is 2.51. The average molecular weight is 306 g/mol. The lowest BCUT2D eigenvalue weighted by molar-refractivity contribution is -0.137. The van der Waals surface area contributed by atoms with Crippen molar-refractivity contribution in [3.63, 3.8) is 0 Å². The number of nitrogens with two attached hydrogens (primary N) is 1. The van der Waals surface area contributed by atoms with Crippen molar-refractivity contribution in [2.75, 3.05) is 19.7 Å². The zero-order valence-electron chi connectivity index (χ0n) is 11.2. The second-order valence-corrected chi connectivity index (χ2v) is 4.33. The lowest BCUT2D eigenvalue weighted by atomic mass is 10.2. The van der Waals surface area contributed by atoms with Gasteiger partial charge in [-0.25, -0.2) is 0 Å². The van der Waals surface area contributed by atoms with Gasteiger partial charge in [-0.3, -0.25) is 4.79 Å². The second kappa shape index (κ2) is 7.84. The summed E-state index contributed by atoms with van der Waals surface area (Å²) >= 11 is 0. The molecule has 5 nitrogen and oxygen atoms in total. The number of hydrogen-bond donors (Lipinski definition) is 3. The van der Waals surface area contributed by atoms with Gasteiger partial charge in [0.2, 0.25) is 5.91 Å². The summed E-state index contributed by atoms with van der Waals surface area (Å²) in [6, 6.07) is 4.35. The molecule has 0 saturated carbocycles. The summed E-state index contributed by atoms with van der Waals surface area (Å²) in [5.74, 6) is -0.312. The third kappa shape index (κ3) is 6.46. The summed E-state index contributed by atoms with van der Waals surface area (Å²) in [6.45, 7) is -0.0926. The molecule has 0 saturated heterocycles. The van der Waals surface area contributed by atoms with Crippen molar-refractivity contribution in [3.05, 3.63) is 29.8 Å². The minimum absolute atomic E-state index is 0.00263. The Bertz CT molecular complexity index is 466. The molecule has 8 heteroatoms. The number of carbonyl (C=O) groups excluding carboxylic acids is 1. The number of carbonyl (C=O) groups is 1. The molecule has 0 aliphatic rings. The Hall–Kier alpha value is -1.80. The number of halogens is 3. The lowest BCUT2D eigenvalue weighted by Gasteiger charge is -2.14. The van der Waals surface area contributed by atoms with Crippen molar-refractivity contribution < 1.29 is 27.8 Å². The normalized spacial score (nSPS) is 12.8. The molecule has 0 aliphatic heterocycles. The van der Waals surface area contributed by atoms with Crippen molar-refractivity contribution in [1.82, 2.24) is 5.32 Å². The van der Waals surface area contributed by atoms with E-state index in [2.05, 4.69) is 5.32 Å². The van der Waals surface area contributed by atoms with Gasteiger partial charge < -0.3 is 20.9 Å². The van der Waals surface area contributed by atoms with Gasteiger partial charge in [-0.15, -0.1) is 0 Å². The molecule has 0 heterocycles. The Morgan fingerprint density at radius 1 is 1.43 bits per heavy atom. The Labute approximate surface area is 119 Å². The van der Waals surface area contributed by atoms with Gasteiger partial charge in [0.15, 0.2) is 0 Å². The second-order valence-electron chi connectivity index (χ2n) is 4.33. The van der Waals surface area contributed by atoms with E-state index in [-0.39, 0.29) is 37.8 Å². The minimum Gasteiger partial charge on any atom is -0.491 e. The van der Waals surface area contributed by atoms with Gasteiger partial charge in [0.1, 0.15) is 18.5 Å². The minimum atomic E-state index is -4.45. The number of alkyl halides is 3. The first-order valence-corrected chi connectivity index (χ1v) is 6.28. The van der Waals surface area contributed by atoms with Crippen LogP contribution in [0, 0.1) is 0 Å². The number of benzene rings is 1. The maximum Gasteiger partial charge on any atom is 0.416 e. The van der Waals surface area contributed by atoms with E-state index in [1.54, 1.807) is 0 Å². The zero-order valence-corrected chi connectivity index (χ0v) is 11.2. The maximum absolute atomic E-state index is 12.5. The van der Waals surface area contributed by atoms with Crippen LogP contribution < -0.4 is 15.8 Å². The molecule has 0 radical (unpaired) electrons. The number of nitrogens with one attached hydrogen (secondary N) is 1. The van der Waals surface area contributed by atoms with Gasteiger partial charge in [-0.1, -0.05) is 6.07 Å².